The second-order valence-corrected chi connectivity index (χ2v) is 41.6. The Kier molecular flexibility index (Phi) is 24.2. The molecule has 492 valence electrons. The summed E-state index contributed by atoms with van der Waals surface area (Å²) in [5.74, 6) is -0.911. The van der Waals surface area contributed by atoms with E-state index in [-0.39, 0.29) is 73.2 Å². The van der Waals surface area contributed by atoms with Crippen molar-refractivity contribution in [3.8, 4) is 0 Å². The Labute approximate surface area is 542 Å². The van der Waals surface area contributed by atoms with Gasteiger partial charge in [0.25, 0.3) is 0 Å². The van der Waals surface area contributed by atoms with E-state index < -0.39 is 71.0 Å². The molecule has 0 bridgehead atoms. The first kappa shape index (κ1) is 69.1. The summed E-state index contributed by atoms with van der Waals surface area (Å²) in [5, 5.41) is 0. The van der Waals surface area contributed by atoms with Crippen LogP contribution < -0.4 is 0 Å². The zero-order chi connectivity index (χ0) is 62.7. The van der Waals surface area contributed by atoms with E-state index in [0.29, 0.717) is 52.1 Å². The molecule has 7 aliphatic rings. The Hall–Kier alpha value is -2.74. The van der Waals surface area contributed by atoms with Crippen molar-refractivity contribution in [3.63, 3.8) is 0 Å². The first-order valence-electron chi connectivity index (χ1n) is 34.3. The molecule has 13 nitrogen and oxygen atoms in total. The van der Waals surface area contributed by atoms with Gasteiger partial charge in [0, 0.05) is 18.6 Å². The number of benzene rings is 3. The van der Waals surface area contributed by atoms with E-state index in [9.17, 15) is 4.79 Å². The number of carbonyl (C=O) groups is 1. The number of ether oxygens (including phenoxy) is 12. The van der Waals surface area contributed by atoms with E-state index in [1.165, 1.54) is 51.8 Å². The maximum absolute atomic E-state index is 13.7. The summed E-state index contributed by atoms with van der Waals surface area (Å²) in [7, 11) is 0. The number of allylic oxidation sites excluding steroid dienone is 1. The van der Waals surface area contributed by atoms with E-state index in [4.69, 9.17) is 68.4 Å². The average molecular weight is 1360 g/mol. The van der Waals surface area contributed by atoms with Crippen molar-refractivity contribution in [3.05, 3.63) is 131 Å². The molecule has 7 heterocycles. The van der Waals surface area contributed by atoms with Gasteiger partial charge in [-0.1, -0.05) is 91.0 Å². The number of esters is 1. The number of alkyl halides is 1. The number of carbonyl (C=O) groups excluding carboxylic acids is 1. The summed E-state index contributed by atoms with van der Waals surface area (Å²) in [6.07, 6.45) is 14.6. The minimum absolute atomic E-state index is 0.0137. The second-order valence-electron chi connectivity index (χ2n) is 28.3. The molecule has 1 unspecified atom stereocenters. The molecule has 89 heavy (non-hydrogen) atoms. The Morgan fingerprint density at radius 1 is 0.719 bits per heavy atom. The zero-order valence-electron chi connectivity index (χ0n) is 55.0. The van der Waals surface area contributed by atoms with Crippen LogP contribution in [0.2, 0.25) is 13.3 Å². The van der Waals surface area contributed by atoms with E-state index >= 15 is 0 Å². The van der Waals surface area contributed by atoms with Gasteiger partial charge in [-0.3, -0.25) is 0 Å². The van der Waals surface area contributed by atoms with Gasteiger partial charge in [-0.2, -0.15) is 0 Å². The van der Waals surface area contributed by atoms with Gasteiger partial charge in [0.05, 0.1) is 31.0 Å². The van der Waals surface area contributed by atoms with Crippen LogP contribution in [-0.4, -0.2) is 139 Å². The van der Waals surface area contributed by atoms with Crippen LogP contribution in [0.4, 0.5) is 0 Å². The van der Waals surface area contributed by atoms with Crippen molar-refractivity contribution in [2.45, 2.75) is 293 Å². The molecule has 10 rings (SSSR count). The van der Waals surface area contributed by atoms with Crippen molar-refractivity contribution < 1.29 is 61.6 Å². The average Bonchev–Trinajstić information content (AvgIpc) is 1.33. The SMILES string of the molecule is C=C[C@@H]1O[C@@H]2C[C@@H]3O[C@@H]4CO[C@@H](c5ccccc5)O[C@H]4CC[C@@]3(C)O[C@@]2(C)C[C@@]1(C)OC(C[C@H]1O[C@H]2C[C@H]3O[C@@H](CCCOCc4ccccc4)C[C@H](OCc4ccccc4)[C@]3(C)O[C@]2(C)C[C@@H]1C/C=[CH]\[Sn]([CH2]CCC)([CH2]CCC)[CH2]CCC)OC(=O)CCl. The zero-order valence-corrected chi connectivity index (χ0v) is 58.6. The van der Waals surface area contributed by atoms with Crippen LogP contribution in [0.25, 0.3) is 0 Å². The summed E-state index contributed by atoms with van der Waals surface area (Å²) in [6, 6.07) is 30.8. The first-order valence-corrected chi connectivity index (χ1v) is 42.5. The summed E-state index contributed by atoms with van der Waals surface area (Å²) in [4.78, 5) is 13.7. The van der Waals surface area contributed by atoms with Crippen LogP contribution in [-0.2, 0) is 74.9 Å². The molecule has 0 N–H and O–H groups in total. The Bertz CT molecular complexity index is 2690. The van der Waals surface area contributed by atoms with Crippen LogP contribution in [0, 0.1) is 5.92 Å². The second kappa shape index (κ2) is 31.2. The van der Waals surface area contributed by atoms with E-state index in [2.05, 4.69) is 102 Å². The summed E-state index contributed by atoms with van der Waals surface area (Å²) >= 11 is 3.62. The minimum atomic E-state index is -2.73. The van der Waals surface area contributed by atoms with Gasteiger partial charge in [-0.15, -0.1) is 0 Å². The number of unbranched alkanes of at least 4 members (excludes halogenated alkanes) is 3. The fourth-order valence-electron chi connectivity index (χ4n) is 16.3. The normalized spacial score (nSPS) is 36.6. The molecular weight excluding hydrogens is 1250 g/mol. The number of halogens is 1. The third-order valence-corrected chi connectivity index (χ3v) is 35.6. The molecule has 15 heteroatoms. The summed E-state index contributed by atoms with van der Waals surface area (Å²) in [6.45, 7) is 24.2. The molecule has 0 saturated carbocycles. The fraction of sp³-hybridized carbons (Fsp3) is 0.689. The Morgan fingerprint density at radius 3 is 2.02 bits per heavy atom. The van der Waals surface area contributed by atoms with Gasteiger partial charge in [-0.05, 0) is 31.7 Å². The van der Waals surface area contributed by atoms with Crippen LogP contribution >= 0.6 is 11.6 Å². The molecule has 3 aromatic carbocycles. The maximum atomic E-state index is 13.7. The molecular formula is C74H107ClO13Sn. The van der Waals surface area contributed by atoms with Gasteiger partial charge >= 0.3 is 342 Å². The number of rotatable bonds is 29. The summed E-state index contributed by atoms with van der Waals surface area (Å²) in [5.41, 5.74) is -0.712. The van der Waals surface area contributed by atoms with Crippen LogP contribution in [0.3, 0.4) is 0 Å². The first-order chi connectivity index (χ1) is 43.0. The van der Waals surface area contributed by atoms with Gasteiger partial charge < -0.3 is 18.9 Å². The van der Waals surface area contributed by atoms with Gasteiger partial charge in [-0.25, -0.2) is 0 Å². The standard InChI is InChI=1S/C62H80ClO13.3C4H9.Sn/c1-8-20-44-35-59(4)51(34-54-62(7,76-59)53(66-38-42-23-15-11-16-24-42)31-45(68-54)27-19-30-65-37-41-21-13-10-14-22-41)69-47(44)32-56(73-55(64)36-63)74-60(5)40-61(6)52(72-49(60)9-2)33-50-58(3,75-61)29-28-46-48(70-50)39-67-57(71-46)43-25-17-12-18-26-43;3*1-3-4-2;/h1,8-18,21-26,44-54,56-57H,2,19-20,27-40H2,3-7H3;3*1,3-4H2,2H3;/t44-,45-,46-,47+,48+,49-,50-,51-,52+,53-,54+,56?,57+,58+,59+,60+,61-,62-;;;;/m0..../s1. The van der Waals surface area contributed by atoms with E-state index in [1.807, 2.05) is 67.6 Å². The predicted octanol–water partition coefficient (Wildman–Crippen LogP) is 16.0. The van der Waals surface area contributed by atoms with Crippen molar-refractivity contribution in [2.24, 2.45) is 5.92 Å². The molecule has 0 aliphatic carbocycles. The third kappa shape index (κ3) is 16.9. The number of hydrogen-bond donors (Lipinski definition) is 0. The van der Waals surface area contributed by atoms with Crippen molar-refractivity contribution >= 4 is 35.9 Å². The van der Waals surface area contributed by atoms with Crippen molar-refractivity contribution in [2.75, 3.05) is 19.1 Å². The summed E-state index contributed by atoms with van der Waals surface area (Å²) < 4.78 is 90.8. The number of fused-ring (bicyclic) bond motifs is 5. The van der Waals surface area contributed by atoms with Gasteiger partial charge in [0.2, 0.25) is 0 Å². The van der Waals surface area contributed by atoms with E-state index in [0.717, 1.165) is 55.2 Å². The van der Waals surface area contributed by atoms with Crippen molar-refractivity contribution in [1.29, 1.82) is 0 Å². The Morgan fingerprint density at radius 2 is 1.36 bits per heavy atom. The Balaban J connectivity index is 0.910. The molecule has 3 aromatic rings. The van der Waals surface area contributed by atoms with Gasteiger partial charge in [0.1, 0.15) is 6.10 Å². The quantitative estimate of drug-likeness (QED) is 0.0163. The van der Waals surface area contributed by atoms with Crippen LogP contribution in [0.1, 0.15) is 188 Å². The molecule has 7 aliphatic heterocycles. The molecule has 0 aromatic heterocycles. The topological polar surface area (TPSA) is 128 Å². The number of hydrogen-bond acceptors (Lipinski definition) is 13. The molecule has 0 radical (unpaired) electrons. The van der Waals surface area contributed by atoms with E-state index in [1.54, 1.807) is 0 Å². The molecule has 0 amide bonds. The third-order valence-electron chi connectivity index (χ3n) is 21.2. The van der Waals surface area contributed by atoms with Crippen molar-refractivity contribution in [1.82, 2.24) is 0 Å². The fourth-order valence-corrected chi connectivity index (χ4v) is 30.8. The molecule has 7 saturated heterocycles. The monoisotopic (exact) mass is 1360 g/mol. The van der Waals surface area contributed by atoms with Crippen LogP contribution in [0.5, 0.6) is 0 Å². The molecule has 7 fully saturated rings. The molecule has 0 spiro atoms. The molecule has 18 atom stereocenters. The predicted molar refractivity (Wildman–Crippen MR) is 350 cm³/mol. The van der Waals surface area contributed by atoms with Gasteiger partial charge in [0.15, 0.2) is 6.29 Å². The van der Waals surface area contributed by atoms with Crippen LogP contribution in [0.15, 0.2) is 114 Å².